The number of ether oxygens (including phenoxy) is 2. The van der Waals surface area contributed by atoms with Crippen LogP contribution in [0.2, 0.25) is 0 Å². The van der Waals surface area contributed by atoms with Crippen LogP contribution in [0.4, 0.5) is 0 Å². The molecular formula is C14H23NO6. The number of esters is 1. The van der Waals surface area contributed by atoms with Gasteiger partial charge in [0.25, 0.3) is 0 Å². The summed E-state index contributed by atoms with van der Waals surface area (Å²) in [6, 6.07) is -1.12. The van der Waals surface area contributed by atoms with E-state index in [-0.39, 0.29) is 12.8 Å². The average Bonchev–Trinajstić information content (AvgIpc) is 2.85. The third-order valence-corrected chi connectivity index (χ3v) is 2.89. The summed E-state index contributed by atoms with van der Waals surface area (Å²) in [7, 11) is 0. The van der Waals surface area contributed by atoms with Gasteiger partial charge in [0.1, 0.15) is 17.7 Å². The summed E-state index contributed by atoms with van der Waals surface area (Å²) < 4.78 is 10.3. The fourth-order valence-electron chi connectivity index (χ4n) is 1.96. The van der Waals surface area contributed by atoms with Crippen LogP contribution in [0, 0.1) is 0 Å². The van der Waals surface area contributed by atoms with Gasteiger partial charge in [-0.2, -0.15) is 0 Å². The lowest BCUT2D eigenvalue weighted by atomic mass is 10.1. The van der Waals surface area contributed by atoms with Crippen molar-refractivity contribution in [3.8, 4) is 0 Å². The molecular weight excluding hydrogens is 278 g/mol. The summed E-state index contributed by atoms with van der Waals surface area (Å²) in [6.45, 7) is 5.71. The fourth-order valence-corrected chi connectivity index (χ4v) is 1.96. The third kappa shape index (κ3) is 6.57. The fraction of sp³-hybridized carbons (Fsp3) is 0.786. The monoisotopic (exact) mass is 301 g/mol. The molecule has 1 amide bonds. The summed E-state index contributed by atoms with van der Waals surface area (Å²) in [5, 5.41) is 11.5. The molecule has 1 unspecified atom stereocenters. The number of carbonyl (C=O) groups is 3. The molecule has 1 aliphatic heterocycles. The van der Waals surface area contributed by atoms with E-state index in [2.05, 4.69) is 5.32 Å². The van der Waals surface area contributed by atoms with Crippen LogP contribution >= 0.6 is 0 Å². The molecule has 0 spiro atoms. The maximum atomic E-state index is 11.8. The Morgan fingerprint density at radius 3 is 2.52 bits per heavy atom. The van der Waals surface area contributed by atoms with E-state index in [4.69, 9.17) is 14.6 Å². The van der Waals surface area contributed by atoms with Gasteiger partial charge in [0, 0.05) is 13.0 Å². The Bertz CT molecular complexity index is 395. The van der Waals surface area contributed by atoms with Crippen LogP contribution in [-0.2, 0) is 23.9 Å². The number of hydrogen-bond acceptors (Lipinski definition) is 5. The molecule has 7 nitrogen and oxygen atoms in total. The number of carbonyl (C=O) groups excluding carboxylic acids is 2. The van der Waals surface area contributed by atoms with Gasteiger partial charge in [-0.1, -0.05) is 0 Å². The SMILES string of the molecule is CC(C)(C)OC(=O)CC[C@@H](NC(=O)C1CCCO1)C(=O)O. The average molecular weight is 301 g/mol. The van der Waals surface area contributed by atoms with E-state index in [1.165, 1.54) is 0 Å². The largest absolute Gasteiger partial charge is 0.480 e. The van der Waals surface area contributed by atoms with E-state index in [1.54, 1.807) is 20.8 Å². The normalized spacial score (nSPS) is 19.9. The van der Waals surface area contributed by atoms with Gasteiger partial charge in [-0.15, -0.1) is 0 Å². The van der Waals surface area contributed by atoms with E-state index >= 15 is 0 Å². The first kappa shape index (κ1) is 17.4. The van der Waals surface area contributed by atoms with Crippen molar-refractivity contribution < 1.29 is 29.0 Å². The number of aliphatic carboxylic acids is 1. The van der Waals surface area contributed by atoms with Gasteiger partial charge in [0.2, 0.25) is 5.91 Å². The molecule has 2 atom stereocenters. The van der Waals surface area contributed by atoms with Gasteiger partial charge >= 0.3 is 11.9 Å². The van der Waals surface area contributed by atoms with Crippen molar-refractivity contribution in [1.29, 1.82) is 0 Å². The summed E-state index contributed by atoms with van der Waals surface area (Å²) in [6.07, 6.45) is 0.703. The molecule has 0 bridgehead atoms. The minimum Gasteiger partial charge on any atom is -0.480 e. The number of amides is 1. The summed E-state index contributed by atoms with van der Waals surface area (Å²) in [5.74, 6) is -2.10. The lowest BCUT2D eigenvalue weighted by molar-refractivity contribution is -0.155. The van der Waals surface area contributed by atoms with Crippen molar-refractivity contribution in [3.05, 3.63) is 0 Å². The lowest BCUT2D eigenvalue weighted by Crippen LogP contribution is -2.45. The van der Waals surface area contributed by atoms with Gasteiger partial charge in [-0.3, -0.25) is 9.59 Å². The van der Waals surface area contributed by atoms with Crippen LogP contribution in [0.25, 0.3) is 0 Å². The van der Waals surface area contributed by atoms with Crippen LogP contribution in [0.5, 0.6) is 0 Å². The van der Waals surface area contributed by atoms with Gasteiger partial charge < -0.3 is 19.9 Å². The van der Waals surface area contributed by atoms with Crippen LogP contribution < -0.4 is 5.32 Å². The summed E-state index contributed by atoms with van der Waals surface area (Å²) >= 11 is 0. The molecule has 0 aromatic rings. The summed E-state index contributed by atoms with van der Waals surface area (Å²) in [5.41, 5.74) is -0.614. The quantitative estimate of drug-likeness (QED) is 0.705. The predicted molar refractivity (Wildman–Crippen MR) is 73.6 cm³/mol. The molecule has 1 heterocycles. The summed E-state index contributed by atoms with van der Waals surface area (Å²) in [4.78, 5) is 34.5. The van der Waals surface area contributed by atoms with Crippen molar-refractivity contribution >= 4 is 17.8 Å². The second-order valence-corrected chi connectivity index (χ2v) is 6.03. The highest BCUT2D eigenvalue weighted by Crippen LogP contribution is 2.13. The maximum absolute atomic E-state index is 11.8. The Balaban J connectivity index is 2.44. The first-order chi connectivity index (χ1) is 9.69. The molecule has 120 valence electrons. The molecule has 1 rings (SSSR count). The first-order valence-corrected chi connectivity index (χ1v) is 7.05. The van der Waals surface area contributed by atoms with Crippen molar-refractivity contribution in [3.63, 3.8) is 0 Å². The molecule has 1 saturated heterocycles. The topological polar surface area (TPSA) is 102 Å². The van der Waals surface area contributed by atoms with Gasteiger partial charge in [0.05, 0.1) is 0 Å². The van der Waals surface area contributed by atoms with Crippen molar-refractivity contribution in [2.24, 2.45) is 0 Å². The minimum absolute atomic E-state index is 0.0112. The van der Waals surface area contributed by atoms with Crippen molar-refractivity contribution in [1.82, 2.24) is 5.32 Å². The highest BCUT2D eigenvalue weighted by molar-refractivity contribution is 5.86. The Hall–Kier alpha value is -1.63. The molecule has 0 radical (unpaired) electrons. The second kappa shape index (κ2) is 7.40. The van der Waals surface area contributed by atoms with Crippen LogP contribution in [0.15, 0.2) is 0 Å². The van der Waals surface area contributed by atoms with Crippen LogP contribution in [-0.4, -0.2) is 47.3 Å². The zero-order valence-electron chi connectivity index (χ0n) is 12.7. The van der Waals surface area contributed by atoms with E-state index < -0.39 is 35.6 Å². The Labute approximate surface area is 124 Å². The lowest BCUT2D eigenvalue weighted by Gasteiger charge is -2.21. The highest BCUT2D eigenvalue weighted by Gasteiger charge is 2.29. The van der Waals surface area contributed by atoms with Gasteiger partial charge in [0.15, 0.2) is 0 Å². The molecule has 7 heteroatoms. The first-order valence-electron chi connectivity index (χ1n) is 7.05. The number of rotatable bonds is 6. The van der Waals surface area contributed by atoms with Crippen LogP contribution in [0.1, 0.15) is 46.5 Å². The van der Waals surface area contributed by atoms with E-state index in [0.29, 0.717) is 13.0 Å². The zero-order chi connectivity index (χ0) is 16.0. The Morgan fingerprint density at radius 2 is 2.05 bits per heavy atom. The number of hydrogen-bond donors (Lipinski definition) is 2. The predicted octanol–water partition coefficient (Wildman–Crippen LogP) is 0.857. The molecule has 0 aromatic heterocycles. The molecule has 2 N–H and O–H groups in total. The van der Waals surface area contributed by atoms with Crippen LogP contribution in [0.3, 0.4) is 0 Å². The van der Waals surface area contributed by atoms with Gasteiger partial charge in [-0.25, -0.2) is 4.79 Å². The number of carboxylic acids is 1. The number of nitrogens with one attached hydrogen (secondary N) is 1. The van der Waals surface area contributed by atoms with Crippen molar-refractivity contribution in [2.45, 2.75) is 64.2 Å². The van der Waals surface area contributed by atoms with Gasteiger partial charge in [-0.05, 0) is 40.0 Å². The Kier molecular flexibility index (Phi) is 6.14. The second-order valence-electron chi connectivity index (χ2n) is 6.03. The molecule has 0 aromatic carbocycles. The Morgan fingerprint density at radius 1 is 1.38 bits per heavy atom. The van der Waals surface area contributed by atoms with E-state index in [0.717, 1.165) is 6.42 Å². The molecule has 0 aliphatic carbocycles. The highest BCUT2D eigenvalue weighted by atomic mass is 16.6. The molecule has 1 aliphatic rings. The maximum Gasteiger partial charge on any atom is 0.326 e. The van der Waals surface area contributed by atoms with E-state index in [9.17, 15) is 14.4 Å². The smallest absolute Gasteiger partial charge is 0.326 e. The standard InChI is InChI=1S/C14H23NO6/c1-14(2,3)21-11(16)7-6-9(13(18)19)15-12(17)10-5-4-8-20-10/h9-10H,4-8H2,1-3H3,(H,15,17)(H,18,19)/t9-,10?/m1/s1. The molecule has 0 saturated carbocycles. The number of carboxylic acid groups (broad SMARTS) is 1. The zero-order valence-corrected chi connectivity index (χ0v) is 12.7. The van der Waals surface area contributed by atoms with E-state index in [1.807, 2.05) is 0 Å². The molecule has 1 fully saturated rings. The molecule has 21 heavy (non-hydrogen) atoms. The minimum atomic E-state index is -1.18. The third-order valence-electron chi connectivity index (χ3n) is 2.89. The van der Waals surface area contributed by atoms with Crippen molar-refractivity contribution in [2.75, 3.05) is 6.61 Å².